The van der Waals surface area contributed by atoms with Gasteiger partial charge in [-0.15, -0.1) is 8.42 Å². The second-order valence-corrected chi connectivity index (χ2v) is 4.36. The van der Waals surface area contributed by atoms with E-state index in [2.05, 4.69) is 0 Å². The molecule has 2 aromatic rings. The Labute approximate surface area is 102 Å². The second kappa shape index (κ2) is 5.43. The molecule has 0 bridgehead atoms. The molecule has 96 valence electrons. The molecule has 0 radical (unpaired) electrons. The summed E-state index contributed by atoms with van der Waals surface area (Å²) in [6.07, 6.45) is 0. The summed E-state index contributed by atoms with van der Waals surface area (Å²) in [6.45, 7) is 0. The van der Waals surface area contributed by atoms with Gasteiger partial charge in [0.05, 0.1) is 0 Å². The number of benzene rings is 2. The first-order chi connectivity index (χ1) is 8.32. The van der Waals surface area contributed by atoms with Gasteiger partial charge in [-0.1, -0.05) is 36.4 Å². The summed E-state index contributed by atoms with van der Waals surface area (Å²) in [5.74, 6) is 0.350. The molecule has 8 heteroatoms. The maximum Gasteiger partial charge on any atom is 0.563 e. The van der Waals surface area contributed by atoms with Gasteiger partial charge in [0.1, 0.15) is 5.75 Å². The maximum absolute atomic E-state index is 9.37. The summed E-state index contributed by atoms with van der Waals surface area (Å²) in [4.78, 5) is 8.99. The van der Waals surface area contributed by atoms with Gasteiger partial charge in [-0.05, 0) is 11.5 Å². The van der Waals surface area contributed by atoms with Gasteiger partial charge in [-0.25, -0.2) is 14.7 Å². The minimum atomic E-state index is -5.02. The Morgan fingerprint density at radius 3 is 2.06 bits per heavy atom. The van der Waals surface area contributed by atoms with E-state index >= 15 is 0 Å². The van der Waals surface area contributed by atoms with Crippen LogP contribution in [0, 0.1) is 10.1 Å². The van der Waals surface area contributed by atoms with Gasteiger partial charge in [-0.2, -0.15) is 0 Å². The molecule has 0 aliphatic heterocycles. The van der Waals surface area contributed by atoms with E-state index in [-0.39, 0.29) is 0 Å². The van der Waals surface area contributed by atoms with E-state index < -0.39 is 14.6 Å². The average Bonchev–Trinajstić information content (AvgIpc) is 2.29. The number of fused-ring (bicyclic) bond motifs is 1. The number of rotatable bonds is 1. The van der Waals surface area contributed by atoms with Crippen LogP contribution in [0.4, 0.5) is 0 Å². The molecule has 0 aliphatic rings. The monoisotopic (exact) mass is 271 g/mol. The highest BCUT2D eigenvalue weighted by Crippen LogP contribution is 2.22. The number of aromatic hydroxyl groups is 1. The van der Waals surface area contributed by atoms with Crippen LogP contribution in [0.15, 0.2) is 42.5 Å². The van der Waals surface area contributed by atoms with Crippen molar-refractivity contribution < 1.29 is 22.4 Å². The van der Waals surface area contributed by atoms with Crippen molar-refractivity contribution in [2.24, 2.45) is 0 Å². The smallest absolute Gasteiger partial charge is 0.507 e. The molecule has 0 heterocycles. The minimum absolute atomic E-state index is 0.350. The third kappa shape index (κ3) is 3.68. The van der Waals surface area contributed by atoms with Crippen molar-refractivity contribution in [1.82, 2.24) is 0 Å². The summed E-state index contributed by atoms with van der Waals surface area (Å²) in [6, 6.07) is 13.3. The Hall–Kier alpha value is -2.19. The van der Waals surface area contributed by atoms with E-state index in [9.17, 15) is 13.5 Å². The number of hydrogen-bond donors (Lipinski definition) is 2. The fourth-order valence-electron chi connectivity index (χ4n) is 1.21. The molecule has 2 aromatic carbocycles. The van der Waals surface area contributed by atoms with Gasteiger partial charge >= 0.3 is 10.3 Å². The van der Waals surface area contributed by atoms with Gasteiger partial charge in [0, 0.05) is 5.39 Å². The van der Waals surface area contributed by atoms with E-state index in [4.69, 9.17) is 14.7 Å². The van der Waals surface area contributed by atoms with Crippen LogP contribution in [0.2, 0.25) is 0 Å². The molecule has 0 saturated heterocycles. The number of phenols is 1. The third-order valence-corrected chi connectivity index (χ3v) is 2.33. The highest BCUT2D eigenvalue weighted by atomic mass is 32.2. The van der Waals surface area contributed by atoms with E-state index in [1.54, 1.807) is 6.07 Å². The number of nitro groups is 1. The molecule has 0 aromatic heterocycles. The van der Waals surface area contributed by atoms with E-state index in [1.165, 1.54) is 0 Å². The first kappa shape index (κ1) is 13.9. The number of nitrogens with zero attached hydrogens (tertiary/aromatic N) is 1. The zero-order valence-electron chi connectivity index (χ0n) is 8.92. The fraction of sp³-hybridized carbons (Fsp3) is 0. The van der Waals surface area contributed by atoms with Crippen LogP contribution in [-0.2, 0) is 10.3 Å². The van der Waals surface area contributed by atoms with Crippen molar-refractivity contribution in [1.29, 1.82) is 0 Å². The molecule has 7 nitrogen and oxygen atoms in total. The number of phenolic OH excluding ortho intramolecular Hbond substituents is 1. The number of hydrogen-bond acceptors (Lipinski definition) is 5. The van der Waals surface area contributed by atoms with Gasteiger partial charge in [0.25, 0.3) is 0 Å². The third-order valence-electron chi connectivity index (χ3n) is 1.96. The zero-order valence-corrected chi connectivity index (χ0v) is 9.74. The molecule has 0 amide bonds. The molecule has 18 heavy (non-hydrogen) atoms. The first-order valence-corrected chi connectivity index (χ1v) is 6.01. The molecule has 2 rings (SSSR count). The molecule has 0 atom stereocenters. The Kier molecular flexibility index (Phi) is 4.18. The largest absolute Gasteiger partial charge is 0.563 e. The highest BCUT2D eigenvalue weighted by molar-refractivity contribution is 7.79. The quantitative estimate of drug-likeness (QED) is 0.462. The lowest BCUT2D eigenvalue weighted by Gasteiger charge is -1.97. The zero-order chi connectivity index (χ0) is 13.8. The normalized spacial score (nSPS) is 10.5. The van der Waals surface area contributed by atoms with Crippen LogP contribution in [0.3, 0.4) is 0 Å². The van der Waals surface area contributed by atoms with Crippen LogP contribution >= 0.6 is 0 Å². The standard InChI is InChI=1S/C10H8O.HNO5S/c11-10-7-3-5-8-4-1-2-6-9(8)10;2-1(3)7(4,5)6/h1-7,11H;(H,4,5,6). The summed E-state index contributed by atoms with van der Waals surface area (Å²) in [5, 5.41) is 20.3. The summed E-state index contributed by atoms with van der Waals surface area (Å²) >= 11 is 0. The van der Waals surface area contributed by atoms with Crippen LogP contribution in [-0.4, -0.2) is 22.4 Å². The predicted molar refractivity (Wildman–Crippen MR) is 64.2 cm³/mol. The lowest BCUT2D eigenvalue weighted by molar-refractivity contribution is -0.316. The Morgan fingerprint density at radius 1 is 1.06 bits per heavy atom. The van der Waals surface area contributed by atoms with Crippen molar-refractivity contribution in [2.75, 3.05) is 0 Å². The minimum Gasteiger partial charge on any atom is -0.507 e. The maximum atomic E-state index is 9.37. The van der Waals surface area contributed by atoms with Gasteiger partial charge in [-0.3, -0.25) is 0 Å². The fourth-order valence-corrected chi connectivity index (χ4v) is 1.21. The second-order valence-electron chi connectivity index (χ2n) is 3.17. The van der Waals surface area contributed by atoms with E-state index in [0.29, 0.717) is 5.75 Å². The van der Waals surface area contributed by atoms with Gasteiger partial charge in [0.2, 0.25) is 0 Å². The van der Waals surface area contributed by atoms with Crippen LogP contribution in [0.1, 0.15) is 0 Å². The Balaban J connectivity index is 0.000000203. The first-order valence-electron chi connectivity index (χ1n) is 4.61. The van der Waals surface area contributed by atoms with E-state index in [0.717, 1.165) is 10.8 Å². The van der Waals surface area contributed by atoms with Gasteiger partial charge in [0.15, 0.2) is 4.33 Å². The molecule has 0 saturated carbocycles. The molecule has 0 aliphatic carbocycles. The molecular weight excluding hydrogens is 262 g/mol. The van der Waals surface area contributed by atoms with Crippen molar-refractivity contribution in [3.05, 3.63) is 52.6 Å². The van der Waals surface area contributed by atoms with Crippen LogP contribution in [0.5, 0.6) is 5.75 Å². The molecule has 0 unspecified atom stereocenters. The average molecular weight is 271 g/mol. The molecule has 0 spiro atoms. The summed E-state index contributed by atoms with van der Waals surface area (Å²) in [7, 11) is -5.02. The molecular formula is C10H9NO6S. The van der Waals surface area contributed by atoms with Crippen molar-refractivity contribution in [3.63, 3.8) is 0 Å². The van der Waals surface area contributed by atoms with Crippen molar-refractivity contribution >= 4 is 21.1 Å². The topological polar surface area (TPSA) is 118 Å². The summed E-state index contributed by atoms with van der Waals surface area (Å²) < 4.78 is 24.0. The highest BCUT2D eigenvalue weighted by Gasteiger charge is 2.16. The molecule has 0 fully saturated rings. The predicted octanol–water partition coefficient (Wildman–Crippen LogP) is 1.61. The van der Waals surface area contributed by atoms with E-state index in [1.807, 2.05) is 36.4 Å². The van der Waals surface area contributed by atoms with Gasteiger partial charge < -0.3 is 5.11 Å². The van der Waals surface area contributed by atoms with Crippen LogP contribution < -0.4 is 0 Å². The summed E-state index contributed by atoms with van der Waals surface area (Å²) in [5.41, 5.74) is 0. The SMILES string of the molecule is O=[N+]([O-])S(=O)(=O)O.Oc1cccc2ccccc12. The Bertz CT molecular complexity index is 662. The van der Waals surface area contributed by atoms with Crippen LogP contribution in [0.25, 0.3) is 10.8 Å². The van der Waals surface area contributed by atoms with Crippen molar-refractivity contribution in [2.45, 2.75) is 0 Å². The Morgan fingerprint density at radius 2 is 1.56 bits per heavy atom. The lowest BCUT2D eigenvalue weighted by atomic mass is 10.1. The van der Waals surface area contributed by atoms with Crippen molar-refractivity contribution in [3.8, 4) is 5.75 Å². The molecule has 2 N–H and O–H groups in total. The lowest BCUT2D eigenvalue weighted by Crippen LogP contribution is -2.09.